The van der Waals surface area contributed by atoms with E-state index in [4.69, 9.17) is 10.5 Å². The molecule has 0 saturated heterocycles. The molecule has 2 amide bonds. The number of nitrogens with one attached hydrogen (secondary N) is 2. The molecule has 4 N–H and O–H groups in total. The average molecular weight is 419 g/mol. The highest BCUT2D eigenvalue weighted by atomic mass is 16.5. The lowest BCUT2D eigenvalue weighted by Gasteiger charge is -2.12. The predicted molar refractivity (Wildman–Crippen MR) is 122 cm³/mol. The molecule has 0 atom stereocenters. The van der Waals surface area contributed by atoms with Gasteiger partial charge < -0.3 is 20.7 Å². The van der Waals surface area contributed by atoms with Crippen LogP contribution in [0.25, 0.3) is 11.1 Å². The van der Waals surface area contributed by atoms with Crippen LogP contribution in [0.3, 0.4) is 0 Å². The number of ether oxygens (including phenoxy) is 1. The fourth-order valence-corrected chi connectivity index (χ4v) is 2.75. The molecular formula is C23H25N5O3. The van der Waals surface area contributed by atoms with Crippen molar-refractivity contribution in [1.29, 1.82) is 0 Å². The number of rotatable bonds is 7. The van der Waals surface area contributed by atoms with Gasteiger partial charge in [-0.05, 0) is 62.1 Å². The molecule has 0 unspecified atom stereocenters. The number of aromatic nitrogens is 1. The molecule has 0 aliphatic rings. The first kappa shape index (κ1) is 21.8. The maximum absolute atomic E-state index is 12.7. The summed E-state index contributed by atoms with van der Waals surface area (Å²) in [6.07, 6.45) is 2.90. The summed E-state index contributed by atoms with van der Waals surface area (Å²) in [6, 6.07) is 15.7. The maximum atomic E-state index is 12.7. The molecule has 0 spiro atoms. The average Bonchev–Trinajstić information content (AvgIpc) is 2.76. The van der Waals surface area contributed by atoms with Gasteiger partial charge in [-0.15, -0.1) is 0 Å². The zero-order chi connectivity index (χ0) is 22.2. The number of nitrogens with two attached hydrogens (primary N) is 1. The van der Waals surface area contributed by atoms with Gasteiger partial charge in [0, 0.05) is 35.8 Å². The normalized spacial score (nSPS) is 10.5. The lowest BCUT2D eigenvalue weighted by Crippen LogP contribution is -2.22. The Balaban J connectivity index is 1.63. The molecule has 0 radical (unpaired) electrons. The molecule has 0 aliphatic heterocycles. The van der Waals surface area contributed by atoms with Gasteiger partial charge in [0.05, 0.1) is 11.4 Å². The number of hydrogen-bond donors (Lipinski definition) is 3. The van der Waals surface area contributed by atoms with Gasteiger partial charge in [0.15, 0.2) is 0 Å². The zero-order valence-corrected chi connectivity index (χ0v) is 17.5. The lowest BCUT2D eigenvalue weighted by atomic mass is 10.1. The van der Waals surface area contributed by atoms with E-state index in [9.17, 15) is 9.59 Å². The first-order valence-corrected chi connectivity index (χ1v) is 9.72. The number of pyridine rings is 1. The lowest BCUT2D eigenvalue weighted by molar-refractivity contribution is 0.102. The Morgan fingerprint density at radius 2 is 1.81 bits per heavy atom. The van der Waals surface area contributed by atoms with Gasteiger partial charge >= 0.3 is 6.09 Å². The van der Waals surface area contributed by atoms with E-state index in [1.54, 1.807) is 42.7 Å². The number of anilines is 3. The smallest absolute Gasteiger partial charge is 0.411 e. The number of carbonyl (C=O) groups is 2. The number of benzene rings is 2. The van der Waals surface area contributed by atoms with E-state index in [1.807, 2.05) is 43.3 Å². The van der Waals surface area contributed by atoms with E-state index in [0.717, 1.165) is 11.1 Å². The van der Waals surface area contributed by atoms with Crippen molar-refractivity contribution in [2.75, 3.05) is 43.6 Å². The maximum Gasteiger partial charge on any atom is 0.411 e. The first-order chi connectivity index (χ1) is 14.9. The van der Waals surface area contributed by atoms with E-state index >= 15 is 0 Å². The van der Waals surface area contributed by atoms with Gasteiger partial charge in [-0.3, -0.25) is 15.1 Å². The largest absolute Gasteiger partial charge is 0.448 e. The molecule has 2 aromatic carbocycles. The standard InChI is InChI=1S/C23H25N5O3/c1-28(2)12-13-31-23(30)26-19-8-5-16(6-9-19)22(29)27-21-14-17(7-10-20(21)24)18-4-3-11-25-15-18/h3-11,14-15H,12-13,24H2,1-2H3,(H,26,30)(H,27,29). The Morgan fingerprint density at radius 1 is 1.03 bits per heavy atom. The van der Waals surface area contributed by atoms with Crippen molar-refractivity contribution >= 4 is 29.1 Å². The summed E-state index contributed by atoms with van der Waals surface area (Å²) in [4.78, 5) is 30.5. The van der Waals surface area contributed by atoms with E-state index < -0.39 is 6.09 Å². The third kappa shape index (κ3) is 6.28. The van der Waals surface area contributed by atoms with Crippen LogP contribution < -0.4 is 16.4 Å². The van der Waals surface area contributed by atoms with Crippen molar-refractivity contribution in [2.24, 2.45) is 0 Å². The SMILES string of the molecule is CN(C)CCOC(=O)Nc1ccc(C(=O)Nc2cc(-c3cccnc3)ccc2N)cc1. The molecule has 8 heteroatoms. The molecule has 8 nitrogen and oxygen atoms in total. The fraction of sp³-hybridized carbons (Fsp3) is 0.174. The molecule has 0 aliphatic carbocycles. The highest BCUT2D eigenvalue weighted by Crippen LogP contribution is 2.27. The van der Waals surface area contributed by atoms with Crippen molar-refractivity contribution in [2.45, 2.75) is 0 Å². The van der Waals surface area contributed by atoms with Gasteiger partial charge in [0.25, 0.3) is 5.91 Å². The summed E-state index contributed by atoms with van der Waals surface area (Å²) in [7, 11) is 3.79. The minimum atomic E-state index is -0.543. The summed E-state index contributed by atoms with van der Waals surface area (Å²) in [6.45, 7) is 0.927. The molecule has 0 saturated carbocycles. The van der Waals surface area contributed by atoms with Gasteiger partial charge in [-0.1, -0.05) is 12.1 Å². The number of amides is 2. The summed E-state index contributed by atoms with van der Waals surface area (Å²) in [5.74, 6) is -0.310. The van der Waals surface area contributed by atoms with E-state index in [0.29, 0.717) is 35.8 Å². The molecule has 3 aromatic rings. The van der Waals surface area contributed by atoms with Crippen molar-refractivity contribution in [3.63, 3.8) is 0 Å². The monoisotopic (exact) mass is 419 g/mol. The minimum absolute atomic E-state index is 0.291. The van der Waals surface area contributed by atoms with Crippen LogP contribution in [0.2, 0.25) is 0 Å². The highest BCUT2D eigenvalue weighted by Gasteiger charge is 2.11. The van der Waals surface area contributed by atoms with E-state index in [1.165, 1.54) is 0 Å². The fourth-order valence-electron chi connectivity index (χ4n) is 2.75. The Morgan fingerprint density at radius 3 is 2.48 bits per heavy atom. The van der Waals surface area contributed by atoms with Crippen molar-refractivity contribution in [3.8, 4) is 11.1 Å². The van der Waals surface area contributed by atoms with Crippen LogP contribution >= 0.6 is 0 Å². The van der Waals surface area contributed by atoms with Gasteiger partial charge in [0.2, 0.25) is 0 Å². The van der Waals surface area contributed by atoms with Crippen LogP contribution in [0.1, 0.15) is 10.4 Å². The second-order valence-corrected chi connectivity index (χ2v) is 7.14. The van der Waals surface area contributed by atoms with Crippen LogP contribution in [-0.4, -0.2) is 49.1 Å². The molecule has 31 heavy (non-hydrogen) atoms. The van der Waals surface area contributed by atoms with Crippen LogP contribution in [0.5, 0.6) is 0 Å². The summed E-state index contributed by atoms with van der Waals surface area (Å²) < 4.78 is 5.08. The Hall–Kier alpha value is -3.91. The first-order valence-electron chi connectivity index (χ1n) is 9.72. The molecule has 0 fully saturated rings. The molecular weight excluding hydrogens is 394 g/mol. The van der Waals surface area contributed by atoms with E-state index in [2.05, 4.69) is 15.6 Å². The van der Waals surface area contributed by atoms with Crippen molar-refractivity contribution in [1.82, 2.24) is 9.88 Å². The molecule has 0 bridgehead atoms. The van der Waals surface area contributed by atoms with Crippen LogP contribution in [-0.2, 0) is 4.74 Å². The number of nitrogens with zero attached hydrogens (tertiary/aromatic N) is 2. The quantitative estimate of drug-likeness (QED) is 0.504. The highest BCUT2D eigenvalue weighted by molar-refractivity contribution is 6.06. The summed E-state index contributed by atoms with van der Waals surface area (Å²) in [5.41, 5.74) is 9.78. The second-order valence-electron chi connectivity index (χ2n) is 7.14. The van der Waals surface area contributed by atoms with Crippen LogP contribution in [0.15, 0.2) is 67.0 Å². The Kier molecular flexibility index (Phi) is 7.18. The van der Waals surface area contributed by atoms with Crippen molar-refractivity contribution in [3.05, 3.63) is 72.6 Å². The third-order valence-corrected chi connectivity index (χ3v) is 4.46. The minimum Gasteiger partial charge on any atom is -0.448 e. The van der Waals surface area contributed by atoms with Crippen LogP contribution in [0, 0.1) is 0 Å². The molecule has 1 aromatic heterocycles. The van der Waals surface area contributed by atoms with Gasteiger partial charge in [-0.25, -0.2) is 4.79 Å². The predicted octanol–water partition coefficient (Wildman–Crippen LogP) is 3.69. The summed E-state index contributed by atoms with van der Waals surface area (Å²) >= 11 is 0. The number of nitrogen functional groups attached to an aromatic ring is 1. The molecule has 3 rings (SSSR count). The number of likely N-dealkylation sites (N-methyl/N-ethyl adjacent to an activating group) is 1. The van der Waals surface area contributed by atoms with E-state index in [-0.39, 0.29) is 5.91 Å². The Labute approximate surface area is 181 Å². The van der Waals surface area contributed by atoms with Gasteiger partial charge in [0.1, 0.15) is 6.61 Å². The second kappa shape index (κ2) is 10.2. The Bertz CT molecular complexity index is 1040. The zero-order valence-electron chi connectivity index (χ0n) is 17.5. The van der Waals surface area contributed by atoms with Gasteiger partial charge in [-0.2, -0.15) is 0 Å². The molecule has 1 heterocycles. The number of hydrogen-bond acceptors (Lipinski definition) is 6. The molecule has 160 valence electrons. The third-order valence-electron chi connectivity index (χ3n) is 4.46. The van der Waals surface area contributed by atoms with Crippen LogP contribution in [0.4, 0.5) is 21.9 Å². The number of carbonyl (C=O) groups excluding carboxylic acids is 2. The summed E-state index contributed by atoms with van der Waals surface area (Å²) in [5, 5.41) is 5.46. The van der Waals surface area contributed by atoms with Crippen molar-refractivity contribution < 1.29 is 14.3 Å². The topological polar surface area (TPSA) is 110 Å².